The van der Waals surface area contributed by atoms with Crippen LogP contribution in [-0.4, -0.2) is 47.5 Å². The van der Waals surface area contributed by atoms with Crippen molar-refractivity contribution in [3.8, 4) is 0 Å². The van der Waals surface area contributed by atoms with Crippen molar-refractivity contribution in [3.63, 3.8) is 0 Å². The van der Waals surface area contributed by atoms with Crippen molar-refractivity contribution in [1.82, 2.24) is 25.1 Å². The molecule has 0 bridgehead atoms. The Balaban J connectivity index is 0.00000392. The van der Waals surface area contributed by atoms with Crippen LogP contribution in [0.1, 0.15) is 35.6 Å². The van der Waals surface area contributed by atoms with Gasteiger partial charge < -0.3 is 20.1 Å². The Kier molecular flexibility index (Phi) is 9.98. The molecule has 0 radical (unpaired) electrons. The lowest BCUT2D eigenvalue weighted by atomic mass is 10.1. The molecule has 1 heterocycles. The molecule has 0 fully saturated rings. The van der Waals surface area contributed by atoms with Crippen LogP contribution in [-0.2, 0) is 19.6 Å². The van der Waals surface area contributed by atoms with Gasteiger partial charge in [0, 0.05) is 52.2 Å². The Bertz CT molecular complexity index is 767. The van der Waals surface area contributed by atoms with Gasteiger partial charge in [0.1, 0.15) is 5.82 Å². The summed E-state index contributed by atoms with van der Waals surface area (Å²) in [5.74, 6) is 2.27. The Labute approximate surface area is 184 Å². The van der Waals surface area contributed by atoms with Crippen LogP contribution in [0.15, 0.2) is 41.7 Å². The molecule has 1 aromatic carbocycles. The van der Waals surface area contributed by atoms with Crippen molar-refractivity contribution in [2.45, 2.75) is 33.5 Å². The fourth-order valence-electron chi connectivity index (χ4n) is 2.66. The molecular weight excluding hydrogens is 467 g/mol. The lowest BCUT2D eigenvalue weighted by molar-refractivity contribution is 0.0827. The number of hydrogen-bond donors (Lipinski definition) is 2. The number of carbonyl (C=O) groups excluding carboxylic acids is 1. The average Bonchev–Trinajstić information content (AvgIpc) is 3.08. The third-order valence-electron chi connectivity index (χ3n) is 4.07. The highest BCUT2D eigenvalue weighted by molar-refractivity contribution is 14.0. The van der Waals surface area contributed by atoms with E-state index in [-0.39, 0.29) is 29.9 Å². The van der Waals surface area contributed by atoms with Crippen molar-refractivity contribution in [2.24, 2.45) is 10.9 Å². The monoisotopic (exact) mass is 498 g/mol. The lowest BCUT2D eigenvalue weighted by Gasteiger charge is -2.14. The summed E-state index contributed by atoms with van der Waals surface area (Å²) in [6.45, 7) is 6.55. The summed E-state index contributed by atoms with van der Waals surface area (Å²) in [5.41, 5.74) is 1.76. The van der Waals surface area contributed by atoms with E-state index in [1.165, 1.54) is 0 Å². The number of imidazole rings is 1. The van der Waals surface area contributed by atoms with Crippen LogP contribution >= 0.6 is 24.0 Å². The molecule has 2 rings (SSSR count). The van der Waals surface area contributed by atoms with Gasteiger partial charge in [-0.1, -0.05) is 26.0 Å². The number of nitrogens with zero attached hydrogens (tertiary/aromatic N) is 4. The Hall–Kier alpha value is -2.10. The Morgan fingerprint density at radius 3 is 2.39 bits per heavy atom. The summed E-state index contributed by atoms with van der Waals surface area (Å²) in [6, 6.07) is 7.59. The maximum atomic E-state index is 11.9. The predicted molar refractivity (Wildman–Crippen MR) is 124 cm³/mol. The number of hydrogen-bond acceptors (Lipinski definition) is 3. The molecule has 2 aromatic rings. The summed E-state index contributed by atoms with van der Waals surface area (Å²) in [7, 11) is 5.24. The standard InChI is InChI=1S/C20H30N6O.HI/c1-15(2)14-26-11-10-22-18(26)13-24-20(21-3)23-12-16-6-8-17(9-7-16)19(27)25(4)5;/h6-11,15H,12-14H2,1-5H3,(H2,21,23,24);1H. The van der Waals surface area contributed by atoms with Crippen LogP contribution in [0.3, 0.4) is 0 Å². The van der Waals surface area contributed by atoms with Gasteiger partial charge >= 0.3 is 0 Å². The molecule has 0 aliphatic carbocycles. The predicted octanol–water partition coefficient (Wildman–Crippen LogP) is 2.72. The molecule has 0 aliphatic rings. The van der Waals surface area contributed by atoms with Crippen molar-refractivity contribution in [1.29, 1.82) is 0 Å². The maximum absolute atomic E-state index is 11.9. The molecule has 0 saturated carbocycles. The van der Waals surface area contributed by atoms with Crippen molar-refractivity contribution >= 4 is 35.8 Å². The number of amides is 1. The number of nitrogens with one attached hydrogen (secondary N) is 2. The van der Waals surface area contributed by atoms with Gasteiger partial charge in [0.25, 0.3) is 5.91 Å². The van der Waals surface area contributed by atoms with E-state index in [2.05, 4.69) is 39.0 Å². The van der Waals surface area contributed by atoms with E-state index >= 15 is 0 Å². The van der Waals surface area contributed by atoms with E-state index in [1.54, 1.807) is 26.0 Å². The maximum Gasteiger partial charge on any atom is 0.253 e. The highest BCUT2D eigenvalue weighted by Crippen LogP contribution is 2.06. The van der Waals surface area contributed by atoms with Crippen molar-refractivity contribution in [3.05, 3.63) is 53.6 Å². The van der Waals surface area contributed by atoms with Gasteiger partial charge in [0.2, 0.25) is 0 Å². The normalized spacial score (nSPS) is 11.1. The first-order chi connectivity index (χ1) is 12.9. The van der Waals surface area contributed by atoms with Gasteiger partial charge in [-0.15, -0.1) is 24.0 Å². The molecule has 0 saturated heterocycles. The minimum atomic E-state index is 0. The molecule has 8 heteroatoms. The van der Waals surface area contributed by atoms with E-state index in [4.69, 9.17) is 0 Å². The fourth-order valence-corrected chi connectivity index (χ4v) is 2.66. The van der Waals surface area contributed by atoms with E-state index < -0.39 is 0 Å². The number of rotatable bonds is 7. The molecule has 1 aromatic heterocycles. The highest BCUT2D eigenvalue weighted by atomic mass is 127. The van der Waals surface area contributed by atoms with E-state index in [1.807, 2.05) is 36.7 Å². The number of aliphatic imine (C=N–C) groups is 1. The number of benzene rings is 1. The second-order valence-corrected chi connectivity index (χ2v) is 7.07. The largest absolute Gasteiger partial charge is 0.352 e. The molecule has 0 aliphatic heterocycles. The van der Waals surface area contributed by atoms with Crippen LogP contribution in [0.4, 0.5) is 0 Å². The Morgan fingerprint density at radius 2 is 1.82 bits per heavy atom. The number of halogens is 1. The van der Waals surface area contributed by atoms with Crippen LogP contribution in [0.25, 0.3) is 0 Å². The molecule has 0 atom stereocenters. The molecular formula is C20H31IN6O. The minimum Gasteiger partial charge on any atom is -0.352 e. The van der Waals surface area contributed by atoms with Crippen molar-refractivity contribution < 1.29 is 4.79 Å². The van der Waals surface area contributed by atoms with Gasteiger partial charge in [-0.3, -0.25) is 9.79 Å². The average molecular weight is 498 g/mol. The summed E-state index contributed by atoms with van der Waals surface area (Å²) < 4.78 is 2.16. The molecule has 154 valence electrons. The lowest BCUT2D eigenvalue weighted by Crippen LogP contribution is -2.37. The molecule has 2 N–H and O–H groups in total. The van der Waals surface area contributed by atoms with E-state index in [0.29, 0.717) is 30.5 Å². The van der Waals surface area contributed by atoms with Gasteiger partial charge in [-0.25, -0.2) is 4.98 Å². The van der Waals surface area contributed by atoms with Crippen LogP contribution in [0.2, 0.25) is 0 Å². The zero-order valence-electron chi connectivity index (χ0n) is 17.3. The van der Waals surface area contributed by atoms with Gasteiger partial charge in [0.15, 0.2) is 5.96 Å². The summed E-state index contributed by atoms with van der Waals surface area (Å²) in [6.07, 6.45) is 3.83. The minimum absolute atomic E-state index is 0. The van der Waals surface area contributed by atoms with E-state index in [0.717, 1.165) is 17.9 Å². The third-order valence-corrected chi connectivity index (χ3v) is 4.07. The molecule has 7 nitrogen and oxygen atoms in total. The summed E-state index contributed by atoms with van der Waals surface area (Å²) in [4.78, 5) is 22.2. The first kappa shape index (κ1) is 23.9. The van der Waals surface area contributed by atoms with Crippen molar-refractivity contribution in [2.75, 3.05) is 21.1 Å². The highest BCUT2D eigenvalue weighted by Gasteiger charge is 2.08. The van der Waals surface area contributed by atoms with Crippen LogP contribution in [0.5, 0.6) is 0 Å². The SMILES string of the molecule is CN=C(NCc1ccc(C(=O)N(C)C)cc1)NCc1nccn1CC(C)C.I. The van der Waals surface area contributed by atoms with Gasteiger partial charge in [-0.2, -0.15) is 0 Å². The second kappa shape index (κ2) is 11.7. The second-order valence-electron chi connectivity index (χ2n) is 7.07. The van der Waals surface area contributed by atoms with Gasteiger partial charge in [-0.05, 0) is 23.6 Å². The molecule has 0 unspecified atom stereocenters. The zero-order valence-corrected chi connectivity index (χ0v) is 19.6. The quantitative estimate of drug-likeness (QED) is 0.350. The topological polar surface area (TPSA) is 74.6 Å². The zero-order chi connectivity index (χ0) is 19.8. The molecule has 1 amide bonds. The smallest absolute Gasteiger partial charge is 0.253 e. The Morgan fingerprint density at radius 1 is 1.18 bits per heavy atom. The van der Waals surface area contributed by atoms with Crippen LogP contribution in [0, 0.1) is 5.92 Å². The summed E-state index contributed by atoms with van der Waals surface area (Å²) >= 11 is 0. The number of aromatic nitrogens is 2. The first-order valence-corrected chi connectivity index (χ1v) is 9.15. The number of carbonyl (C=O) groups is 1. The van der Waals surface area contributed by atoms with Gasteiger partial charge in [0.05, 0.1) is 6.54 Å². The first-order valence-electron chi connectivity index (χ1n) is 9.15. The third kappa shape index (κ3) is 7.14. The number of guanidine groups is 1. The van der Waals surface area contributed by atoms with Crippen LogP contribution < -0.4 is 10.6 Å². The fraction of sp³-hybridized carbons (Fsp3) is 0.450. The van der Waals surface area contributed by atoms with E-state index in [9.17, 15) is 4.79 Å². The summed E-state index contributed by atoms with van der Waals surface area (Å²) in [5, 5.41) is 6.58. The molecule has 0 spiro atoms. The molecule has 28 heavy (non-hydrogen) atoms.